The van der Waals surface area contributed by atoms with E-state index >= 15 is 0 Å². The summed E-state index contributed by atoms with van der Waals surface area (Å²) in [5, 5.41) is 53.1. The second kappa shape index (κ2) is 22.8. The van der Waals surface area contributed by atoms with Gasteiger partial charge in [0.1, 0.15) is 0 Å². The van der Waals surface area contributed by atoms with Crippen LogP contribution in [0, 0.1) is 47.3 Å². The monoisotopic (exact) mass is 918 g/mol. The minimum atomic E-state index is -0.184. The summed E-state index contributed by atoms with van der Waals surface area (Å²) in [7, 11) is 0. The molecule has 12 N–H and O–H groups in total. The van der Waals surface area contributed by atoms with E-state index in [1.165, 1.54) is 0 Å². The van der Waals surface area contributed by atoms with E-state index in [0.717, 1.165) is 51.4 Å². The number of hydrogen-bond donors (Lipinski definition) is 10. The number of thioether (sulfide) groups is 4. The fraction of sp³-hybridized carbons (Fsp3) is 0.905. The van der Waals surface area contributed by atoms with Gasteiger partial charge in [-0.1, -0.05) is 13.8 Å². The molecule has 0 bridgehead atoms. The number of amides is 4. The third-order valence-corrected chi connectivity index (χ3v) is 19.6. The summed E-state index contributed by atoms with van der Waals surface area (Å²) in [5.41, 5.74) is 10.5. The summed E-state index contributed by atoms with van der Waals surface area (Å²) in [5.74, 6) is 3.74. The van der Waals surface area contributed by atoms with Gasteiger partial charge in [0.05, 0.1) is 37.5 Å². The normalized spacial score (nSPS) is 43.3. The summed E-state index contributed by atoms with van der Waals surface area (Å²) in [4.78, 5) is 44.8. The average Bonchev–Trinajstić information content (AvgIpc) is 3.84. The molecule has 8 aliphatic rings. The highest BCUT2D eigenvalue weighted by Gasteiger charge is 2.56. The summed E-state index contributed by atoms with van der Waals surface area (Å²) < 4.78 is 0. The van der Waals surface area contributed by atoms with Gasteiger partial charge in [0, 0.05) is 58.0 Å². The molecule has 0 aromatic heterocycles. The number of carbonyl (C=O) groups is 4. The lowest BCUT2D eigenvalue weighted by molar-refractivity contribution is -0.124. The van der Waals surface area contributed by atoms with Gasteiger partial charge in [-0.15, -0.1) is 0 Å². The quantitative estimate of drug-likeness (QED) is 0.132. The van der Waals surface area contributed by atoms with Crippen LogP contribution in [-0.2, 0) is 19.2 Å². The van der Waals surface area contributed by atoms with Crippen molar-refractivity contribution in [2.24, 2.45) is 58.8 Å². The number of rotatable bonds is 12. The zero-order chi connectivity index (χ0) is 44.0. The molecule has 60 heavy (non-hydrogen) atoms. The van der Waals surface area contributed by atoms with Gasteiger partial charge >= 0.3 is 0 Å². The van der Waals surface area contributed by atoms with Crippen molar-refractivity contribution in [1.29, 1.82) is 0 Å². The Labute approximate surface area is 374 Å². The predicted octanol–water partition coefficient (Wildman–Crippen LogP) is 1.15. The first kappa shape index (κ1) is 50.0. The number of aliphatic hydroxyl groups excluding tert-OH is 4. The third-order valence-electron chi connectivity index (χ3n) is 15.3. The second-order valence-electron chi connectivity index (χ2n) is 18.1. The zero-order valence-electron chi connectivity index (χ0n) is 36.2. The van der Waals surface area contributed by atoms with E-state index in [0.29, 0.717) is 93.3 Å². The van der Waals surface area contributed by atoms with Gasteiger partial charge in [-0.2, -0.15) is 47.0 Å². The van der Waals surface area contributed by atoms with Crippen LogP contribution in [0.4, 0.5) is 0 Å². The van der Waals surface area contributed by atoms with Crippen LogP contribution in [-0.4, -0.2) is 152 Å². The Kier molecular flexibility index (Phi) is 19.0. The molecule has 18 heteroatoms. The Hall–Kier alpha value is -0.960. The minimum absolute atomic E-state index is 0.0579. The molecule has 0 unspecified atom stereocenters. The fourth-order valence-electron chi connectivity index (χ4n) is 11.4. The van der Waals surface area contributed by atoms with Crippen molar-refractivity contribution in [2.75, 3.05) is 38.1 Å². The van der Waals surface area contributed by atoms with Gasteiger partial charge in [0.2, 0.25) is 23.6 Å². The molecule has 8 aliphatic carbocycles. The van der Waals surface area contributed by atoms with Crippen LogP contribution in [0.15, 0.2) is 0 Å². The smallest absolute Gasteiger partial charge is 0.233 e. The molecule has 20 atom stereocenters. The van der Waals surface area contributed by atoms with Gasteiger partial charge in [-0.05, 0) is 124 Å². The van der Waals surface area contributed by atoms with Crippen molar-refractivity contribution < 1.29 is 39.6 Å². The van der Waals surface area contributed by atoms with Crippen LogP contribution in [0.25, 0.3) is 0 Å². The molecule has 0 aliphatic heterocycles. The highest BCUT2D eigenvalue weighted by Crippen LogP contribution is 2.53. The van der Waals surface area contributed by atoms with Gasteiger partial charge < -0.3 is 53.2 Å². The topological polar surface area (TPSA) is 249 Å². The summed E-state index contributed by atoms with van der Waals surface area (Å²) in [6.07, 6.45) is 16.5. The molecular weight excluding hydrogens is 845 g/mol. The van der Waals surface area contributed by atoms with E-state index in [4.69, 9.17) is 11.5 Å². The number of hydrogen-bond acceptors (Lipinski definition) is 14. The molecule has 8 fully saturated rings. The first-order chi connectivity index (χ1) is 28.7. The molecule has 0 heterocycles. The van der Waals surface area contributed by atoms with Crippen LogP contribution in [0.1, 0.15) is 78.1 Å². The molecule has 8 saturated carbocycles. The molecule has 0 saturated heterocycles. The molecule has 0 aromatic rings. The average molecular weight is 919 g/mol. The number of aliphatic hydroxyl groups is 4. The largest absolute Gasteiger partial charge is 0.392 e. The Bertz CT molecular complexity index is 1250. The van der Waals surface area contributed by atoms with Gasteiger partial charge in [0.25, 0.3) is 0 Å². The predicted molar refractivity (Wildman–Crippen MR) is 245 cm³/mol. The van der Waals surface area contributed by atoms with Crippen LogP contribution < -0.4 is 32.7 Å². The van der Waals surface area contributed by atoms with E-state index in [9.17, 15) is 39.6 Å². The van der Waals surface area contributed by atoms with Crippen molar-refractivity contribution in [3.05, 3.63) is 0 Å². The third kappa shape index (κ3) is 11.1. The number of nitrogens with one attached hydrogen (secondary N) is 4. The van der Waals surface area contributed by atoms with E-state index in [1.54, 1.807) is 47.0 Å². The van der Waals surface area contributed by atoms with Gasteiger partial charge in [-0.3, -0.25) is 19.2 Å². The maximum Gasteiger partial charge on any atom is 0.233 e. The molecule has 0 aromatic carbocycles. The van der Waals surface area contributed by atoms with Crippen LogP contribution in [0.3, 0.4) is 0 Å². The van der Waals surface area contributed by atoms with Crippen molar-refractivity contribution >= 4 is 70.7 Å². The first-order valence-electron chi connectivity index (χ1n) is 22.1. The van der Waals surface area contributed by atoms with E-state index < -0.39 is 0 Å². The van der Waals surface area contributed by atoms with Crippen molar-refractivity contribution in [3.63, 3.8) is 0 Å². The molecule has 8 rings (SSSR count). The maximum atomic E-state index is 11.3. The van der Waals surface area contributed by atoms with Crippen LogP contribution in [0.5, 0.6) is 0 Å². The molecule has 14 nitrogen and oxygen atoms in total. The van der Waals surface area contributed by atoms with Crippen LogP contribution in [0.2, 0.25) is 0 Å². The van der Waals surface area contributed by atoms with E-state index in [-0.39, 0.29) is 73.2 Å². The zero-order valence-corrected chi connectivity index (χ0v) is 39.5. The van der Waals surface area contributed by atoms with Crippen molar-refractivity contribution in [3.8, 4) is 0 Å². The standard InChI is InChI=1S/2C11H19NO2S.2C10H18N2O2S/c2*1-3-10(13)12-8-4-7-6(8)5-9(15-2)11(7)14;2*1-15-8-3-5-6(10(8)14)2-7(5)12-9(13)4-11/h2*6-9,11,14H,3-5H2,1-2H3,(H,12,13);2*5-8,10,14H,2-4,11H2,1H3,(H,12,13)/t2*6-,7-,8+,9+,11+;2*5-,6-,7+,8+,10+/m1010/s1. The summed E-state index contributed by atoms with van der Waals surface area (Å²) in [6, 6.07) is 1.15. The second-order valence-corrected chi connectivity index (χ2v) is 22.4. The van der Waals surface area contributed by atoms with E-state index in [1.807, 2.05) is 26.4 Å². The molecular formula is C42H74N6O8S4. The number of nitrogens with two attached hydrogens (primary N) is 2. The van der Waals surface area contributed by atoms with E-state index in [2.05, 4.69) is 33.8 Å². The highest BCUT2D eigenvalue weighted by molar-refractivity contribution is 7.99. The molecule has 344 valence electrons. The van der Waals surface area contributed by atoms with Gasteiger partial charge in [0.15, 0.2) is 0 Å². The van der Waals surface area contributed by atoms with Gasteiger partial charge in [-0.25, -0.2) is 0 Å². The Balaban J connectivity index is 0.000000152. The lowest BCUT2D eigenvalue weighted by Gasteiger charge is -2.41. The Morgan fingerprint density at radius 3 is 0.817 bits per heavy atom. The Morgan fingerprint density at radius 1 is 0.417 bits per heavy atom. The minimum Gasteiger partial charge on any atom is -0.392 e. The highest BCUT2D eigenvalue weighted by atomic mass is 32.2. The van der Waals surface area contributed by atoms with Crippen molar-refractivity contribution in [1.82, 2.24) is 21.3 Å². The number of carbonyl (C=O) groups excluding carboxylic acids is 4. The molecule has 4 amide bonds. The first-order valence-corrected chi connectivity index (χ1v) is 27.2. The molecule has 0 radical (unpaired) electrons. The SMILES string of the molecule is CCC(=O)N[C@@H]1C[C@@H]2[C@@H](O)[C@H](SC)C[C@@H]21.CCC(=O)N[C@H]1C[C@H]2[C@H](O)[C@@H](SC)C[C@H]21.CS[C@@H]1C[C@H]2[C@H](C[C@H]2NC(=O)CN)[C@H]1O.CS[C@H]1C[C@@H]2[C@@H](C[C@@H]2NC(=O)CN)[C@@H]1O. The lowest BCUT2D eigenvalue weighted by atomic mass is 9.71. The Morgan fingerprint density at radius 2 is 0.633 bits per heavy atom. The lowest BCUT2D eigenvalue weighted by Crippen LogP contribution is -2.53. The summed E-state index contributed by atoms with van der Waals surface area (Å²) >= 11 is 6.96. The maximum absolute atomic E-state index is 11.3. The van der Waals surface area contributed by atoms with Crippen LogP contribution >= 0.6 is 47.0 Å². The fourth-order valence-corrected chi connectivity index (χ4v) is 15.0. The van der Waals surface area contributed by atoms with Crippen molar-refractivity contribution in [2.45, 2.75) is 148 Å². The summed E-state index contributed by atoms with van der Waals surface area (Å²) in [6.45, 7) is 3.87. The molecule has 0 spiro atoms. The number of fused-ring (bicyclic) bond motifs is 4.